The van der Waals surface area contributed by atoms with Gasteiger partial charge in [0.05, 0.1) is 5.52 Å². The van der Waals surface area contributed by atoms with Gasteiger partial charge in [0.15, 0.2) is 5.82 Å². The topological polar surface area (TPSA) is 73.9 Å². The zero-order valence-corrected chi connectivity index (χ0v) is 13.3. The second-order valence-electron chi connectivity index (χ2n) is 6.02. The highest BCUT2D eigenvalue weighted by atomic mass is 16.2. The number of likely N-dealkylation sites (tertiary alicyclic amines) is 1. The molecule has 0 unspecified atom stereocenters. The van der Waals surface area contributed by atoms with E-state index in [0.29, 0.717) is 11.4 Å². The van der Waals surface area contributed by atoms with Crippen molar-refractivity contribution in [1.29, 1.82) is 0 Å². The van der Waals surface area contributed by atoms with Crippen LogP contribution in [0.1, 0.15) is 29.6 Å². The zero-order valence-electron chi connectivity index (χ0n) is 13.3. The Hall–Kier alpha value is -2.89. The van der Waals surface area contributed by atoms with Gasteiger partial charge in [-0.3, -0.25) is 4.79 Å². The van der Waals surface area contributed by atoms with Gasteiger partial charge in [-0.25, -0.2) is 9.97 Å². The van der Waals surface area contributed by atoms with Crippen LogP contribution in [0.25, 0.3) is 11.0 Å². The summed E-state index contributed by atoms with van der Waals surface area (Å²) in [7, 11) is 0. The predicted molar refractivity (Wildman–Crippen MR) is 93.4 cm³/mol. The first-order chi connectivity index (χ1) is 11.8. The Morgan fingerprint density at radius 1 is 1.12 bits per heavy atom. The SMILES string of the molecule is O=C(c1cccc(Nc2ncnc3cc[nH]c23)c1)N1CCCCC1. The minimum Gasteiger partial charge on any atom is -0.357 e. The molecule has 0 atom stereocenters. The summed E-state index contributed by atoms with van der Waals surface area (Å²) in [6, 6.07) is 9.48. The summed E-state index contributed by atoms with van der Waals surface area (Å²) >= 11 is 0. The smallest absolute Gasteiger partial charge is 0.253 e. The maximum absolute atomic E-state index is 12.6. The van der Waals surface area contributed by atoms with Gasteiger partial charge in [-0.1, -0.05) is 6.07 Å². The van der Waals surface area contributed by atoms with Crippen LogP contribution in [0.3, 0.4) is 0 Å². The van der Waals surface area contributed by atoms with Gasteiger partial charge >= 0.3 is 0 Å². The standard InChI is InChI=1S/C18H19N5O/c24-18(23-9-2-1-3-10-23)13-5-4-6-14(11-13)22-17-16-15(7-8-19-16)20-12-21-17/h4-8,11-12,19H,1-3,9-10H2,(H,20,21,22). The van der Waals surface area contributed by atoms with Crippen molar-refractivity contribution in [3.63, 3.8) is 0 Å². The molecule has 0 radical (unpaired) electrons. The monoisotopic (exact) mass is 321 g/mol. The number of nitrogens with one attached hydrogen (secondary N) is 2. The third-order valence-electron chi connectivity index (χ3n) is 4.36. The van der Waals surface area contributed by atoms with Gasteiger partial charge in [0.25, 0.3) is 5.91 Å². The Bertz CT molecular complexity index is 866. The molecule has 1 aliphatic rings. The molecule has 6 nitrogen and oxygen atoms in total. The van der Waals surface area contributed by atoms with E-state index < -0.39 is 0 Å². The van der Waals surface area contributed by atoms with Crippen LogP contribution < -0.4 is 5.32 Å². The van der Waals surface area contributed by atoms with E-state index in [0.717, 1.165) is 42.7 Å². The van der Waals surface area contributed by atoms with Crippen LogP contribution in [0, 0.1) is 0 Å². The summed E-state index contributed by atoms with van der Waals surface area (Å²) in [5.74, 6) is 0.804. The van der Waals surface area contributed by atoms with Crippen LogP contribution in [-0.2, 0) is 0 Å². The molecule has 122 valence electrons. The minimum absolute atomic E-state index is 0.103. The number of H-pyrrole nitrogens is 1. The summed E-state index contributed by atoms with van der Waals surface area (Å²) in [6.07, 6.45) is 6.76. The van der Waals surface area contributed by atoms with E-state index in [9.17, 15) is 4.79 Å². The minimum atomic E-state index is 0.103. The Morgan fingerprint density at radius 3 is 2.88 bits per heavy atom. The van der Waals surface area contributed by atoms with E-state index in [1.165, 1.54) is 12.7 Å². The fourth-order valence-corrected chi connectivity index (χ4v) is 3.11. The Labute approximate surface area is 139 Å². The number of aromatic nitrogens is 3. The number of fused-ring (bicyclic) bond motifs is 1. The number of amides is 1. The molecule has 1 amide bonds. The maximum atomic E-state index is 12.6. The first kappa shape index (κ1) is 14.7. The molecule has 1 saturated heterocycles. The quantitative estimate of drug-likeness (QED) is 0.776. The Balaban J connectivity index is 1.58. The molecule has 2 N–H and O–H groups in total. The lowest BCUT2D eigenvalue weighted by Crippen LogP contribution is -2.35. The average molecular weight is 321 g/mol. The molecule has 3 heterocycles. The van der Waals surface area contributed by atoms with Gasteiger partial charge in [-0.15, -0.1) is 0 Å². The number of piperidine rings is 1. The van der Waals surface area contributed by atoms with Crippen LogP contribution in [0.4, 0.5) is 11.5 Å². The number of nitrogens with zero attached hydrogens (tertiary/aromatic N) is 3. The fraction of sp³-hybridized carbons (Fsp3) is 0.278. The summed E-state index contributed by atoms with van der Waals surface area (Å²) in [5, 5.41) is 3.28. The van der Waals surface area contributed by atoms with Crippen molar-refractivity contribution in [2.24, 2.45) is 0 Å². The first-order valence-corrected chi connectivity index (χ1v) is 8.26. The number of rotatable bonds is 3. The van der Waals surface area contributed by atoms with Crippen LogP contribution in [0.15, 0.2) is 42.9 Å². The largest absolute Gasteiger partial charge is 0.357 e. The van der Waals surface area contributed by atoms with E-state index in [2.05, 4.69) is 20.3 Å². The van der Waals surface area contributed by atoms with E-state index in [4.69, 9.17) is 0 Å². The van der Waals surface area contributed by atoms with Crippen molar-refractivity contribution in [2.45, 2.75) is 19.3 Å². The number of carbonyl (C=O) groups is 1. The molecule has 2 aromatic heterocycles. The maximum Gasteiger partial charge on any atom is 0.253 e. The second kappa shape index (κ2) is 6.31. The van der Waals surface area contributed by atoms with Crippen molar-refractivity contribution in [1.82, 2.24) is 19.9 Å². The summed E-state index contributed by atoms with van der Waals surface area (Å²) in [5.41, 5.74) is 3.25. The average Bonchev–Trinajstić information content (AvgIpc) is 3.12. The van der Waals surface area contributed by atoms with Crippen LogP contribution in [0.5, 0.6) is 0 Å². The van der Waals surface area contributed by atoms with Gasteiger partial charge < -0.3 is 15.2 Å². The highest BCUT2D eigenvalue weighted by Gasteiger charge is 2.18. The predicted octanol–water partition coefficient (Wildman–Crippen LogP) is 3.33. The first-order valence-electron chi connectivity index (χ1n) is 8.26. The molecule has 6 heteroatoms. The van der Waals surface area contributed by atoms with Gasteiger partial charge in [-0.2, -0.15) is 0 Å². The van der Waals surface area contributed by atoms with E-state index in [1.54, 1.807) is 0 Å². The lowest BCUT2D eigenvalue weighted by atomic mass is 10.1. The number of benzene rings is 1. The fourth-order valence-electron chi connectivity index (χ4n) is 3.11. The van der Waals surface area contributed by atoms with Gasteiger partial charge in [0.2, 0.25) is 0 Å². The van der Waals surface area contributed by atoms with E-state index in [-0.39, 0.29) is 5.91 Å². The molecule has 0 aliphatic carbocycles. The third-order valence-corrected chi connectivity index (χ3v) is 4.36. The highest BCUT2D eigenvalue weighted by Crippen LogP contribution is 2.23. The van der Waals surface area contributed by atoms with Crippen molar-refractivity contribution in [3.8, 4) is 0 Å². The number of hydrogen-bond donors (Lipinski definition) is 2. The molecule has 4 rings (SSSR count). The molecule has 1 fully saturated rings. The summed E-state index contributed by atoms with van der Waals surface area (Å²) < 4.78 is 0. The number of carbonyl (C=O) groups excluding carboxylic acids is 1. The van der Waals surface area contributed by atoms with Crippen LogP contribution in [-0.4, -0.2) is 38.8 Å². The molecule has 3 aromatic rings. The molecular formula is C18H19N5O. The molecule has 0 saturated carbocycles. The van der Waals surface area contributed by atoms with Gasteiger partial charge in [0.1, 0.15) is 11.8 Å². The Morgan fingerprint density at radius 2 is 2.00 bits per heavy atom. The molecule has 0 bridgehead atoms. The highest BCUT2D eigenvalue weighted by molar-refractivity contribution is 5.95. The molecular weight excluding hydrogens is 302 g/mol. The summed E-state index contributed by atoms with van der Waals surface area (Å²) in [6.45, 7) is 1.71. The normalized spacial score (nSPS) is 14.8. The van der Waals surface area contributed by atoms with Crippen LogP contribution >= 0.6 is 0 Å². The van der Waals surface area contributed by atoms with E-state index >= 15 is 0 Å². The van der Waals surface area contributed by atoms with E-state index in [1.807, 2.05) is 41.4 Å². The van der Waals surface area contributed by atoms with Gasteiger partial charge in [-0.05, 0) is 43.5 Å². The summed E-state index contributed by atoms with van der Waals surface area (Å²) in [4.78, 5) is 26.2. The molecule has 1 aromatic carbocycles. The third kappa shape index (κ3) is 2.82. The zero-order chi connectivity index (χ0) is 16.4. The van der Waals surface area contributed by atoms with Crippen molar-refractivity contribution >= 4 is 28.4 Å². The molecule has 1 aliphatic heterocycles. The Kier molecular flexibility index (Phi) is 3.86. The molecule has 0 spiro atoms. The number of hydrogen-bond acceptors (Lipinski definition) is 4. The number of aromatic amines is 1. The van der Waals surface area contributed by atoms with Gasteiger partial charge in [0, 0.05) is 30.5 Å². The van der Waals surface area contributed by atoms with Crippen LogP contribution in [0.2, 0.25) is 0 Å². The lowest BCUT2D eigenvalue weighted by molar-refractivity contribution is 0.0724. The molecule has 24 heavy (non-hydrogen) atoms. The van der Waals surface area contributed by atoms with Crippen molar-refractivity contribution in [2.75, 3.05) is 18.4 Å². The van der Waals surface area contributed by atoms with Crippen molar-refractivity contribution in [3.05, 3.63) is 48.4 Å². The lowest BCUT2D eigenvalue weighted by Gasteiger charge is -2.26. The number of anilines is 2. The van der Waals surface area contributed by atoms with Crippen molar-refractivity contribution < 1.29 is 4.79 Å². The second-order valence-corrected chi connectivity index (χ2v) is 6.02.